The highest BCUT2D eigenvalue weighted by atomic mass is 32.2. The molecule has 1 aliphatic rings. The van der Waals surface area contributed by atoms with Crippen molar-refractivity contribution in [1.29, 1.82) is 0 Å². The molecule has 1 aliphatic heterocycles. The Morgan fingerprint density at radius 2 is 1.79 bits per heavy atom. The summed E-state index contributed by atoms with van der Waals surface area (Å²) in [7, 11) is -1.33. The fourth-order valence-corrected chi connectivity index (χ4v) is 4.36. The molecule has 0 saturated carbocycles. The molecule has 29 heavy (non-hydrogen) atoms. The Balaban J connectivity index is 1.72. The van der Waals surface area contributed by atoms with Crippen LogP contribution < -0.4 is 4.74 Å². The molecule has 1 amide bonds. The van der Waals surface area contributed by atoms with Crippen LogP contribution in [0.2, 0.25) is 0 Å². The zero-order chi connectivity index (χ0) is 21.2. The summed E-state index contributed by atoms with van der Waals surface area (Å²) < 4.78 is 30.1. The molecule has 0 radical (unpaired) electrons. The third-order valence-corrected chi connectivity index (χ3v) is 6.34. The Labute approximate surface area is 172 Å². The average molecular weight is 420 g/mol. The standard InChI is InChI=1S/C21H29N3O4S/c1-16-14-20(17(2)24(16)18-6-5-7-19(15-18)28-3)21(25)23-10-8-22(9-11-23)12-13-29(4,26)27/h5-7,14-15H,8-13H2,1-4H3. The van der Waals surface area contributed by atoms with Crippen LogP contribution in [-0.2, 0) is 9.84 Å². The largest absolute Gasteiger partial charge is 0.497 e. The maximum absolute atomic E-state index is 13.1. The molecule has 1 fully saturated rings. The highest BCUT2D eigenvalue weighted by Crippen LogP contribution is 2.25. The second-order valence-electron chi connectivity index (χ2n) is 7.59. The molecule has 0 spiro atoms. The minimum atomic E-state index is -2.97. The predicted octanol–water partition coefficient (Wildman–Crippen LogP) is 1.91. The molecule has 0 bridgehead atoms. The summed E-state index contributed by atoms with van der Waals surface area (Å²) in [6.45, 7) is 7.06. The van der Waals surface area contributed by atoms with Crippen molar-refractivity contribution in [3.8, 4) is 11.4 Å². The van der Waals surface area contributed by atoms with Gasteiger partial charge in [0.25, 0.3) is 5.91 Å². The SMILES string of the molecule is COc1cccc(-n2c(C)cc(C(=O)N3CCN(CCS(C)(=O)=O)CC3)c2C)c1. The highest BCUT2D eigenvalue weighted by molar-refractivity contribution is 7.90. The summed E-state index contributed by atoms with van der Waals surface area (Å²) in [5, 5.41) is 0. The maximum atomic E-state index is 13.1. The molecule has 0 aliphatic carbocycles. The number of piperazine rings is 1. The van der Waals surface area contributed by atoms with E-state index in [2.05, 4.69) is 9.47 Å². The van der Waals surface area contributed by atoms with Gasteiger partial charge in [-0.25, -0.2) is 8.42 Å². The number of amides is 1. The lowest BCUT2D eigenvalue weighted by Crippen LogP contribution is -2.49. The van der Waals surface area contributed by atoms with E-state index in [1.165, 1.54) is 6.26 Å². The number of nitrogens with zero attached hydrogens (tertiary/aromatic N) is 3. The minimum Gasteiger partial charge on any atom is -0.497 e. The van der Waals surface area contributed by atoms with Crippen LogP contribution in [0.4, 0.5) is 0 Å². The smallest absolute Gasteiger partial charge is 0.255 e. The number of aromatic nitrogens is 1. The van der Waals surface area contributed by atoms with Gasteiger partial charge < -0.3 is 14.2 Å². The second kappa shape index (κ2) is 8.59. The van der Waals surface area contributed by atoms with Gasteiger partial charge in [0.2, 0.25) is 0 Å². The molecule has 8 heteroatoms. The third-order valence-electron chi connectivity index (χ3n) is 5.41. The Morgan fingerprint density at radius 3 is 2.41 bits per heavy atom. The van der Waals surface area contributed by atoms with Crippen LogP contribution in [0.1, 0.15) is 21.7 Å². The molecule has 1 aromatic heterocycles. The fourth-order valence-electron chi connectivity index (χ4n) is 3.77. The molecular weight excluding hydrogens is 390 g/mol. The van der Waals surface area contributed by atoms with E-state index in [0.29, 0.717) is 38.3 Å². The number of carbonyl (C=O) groups is 1. The number of carbonyl (C=O) groups excluding carboxylic acids is 1. The first-order chi connectivity index (χ1) is 13.7. The van der Waals surface area contributed by atoms with E-state index in [1.54, 1.807) is 7.11 Å². The predicted molar refractivity (Wildman–Crippen MR) is 114 cm³/mol. The van der Waals surface area contributed by atoms with Gasteiger partial charge in [-0.15, -0.1) is 0 Å². The zero-order valence-electron chi connectivity index (χ0n) is 17.5. The first-order valence-electron chi connectivity index (χ1n) is 9.72. The number of benzene rings is 1. The van der Waals surface area contributed by atoms with Crippen molar-refractivity contribution in [3.05, 3.63) is 47.3 Å². The first kappa shape index (κ1) is 21.4. The Morgan fingerprint density at radius 1 is 1.10 bits per heavy atom. The summed E-state index contributed by atoms with van der Waals surface area (Å²) in [5.74, 6) is 0.950. The van der Waals surface area contributed by atoms with Gasteiger partial charge in [0.15, 0.2) is 0 Å². The second-order valence-corrected chi connectivity index (χ2v) is 9.85. The van der Waals surface area contributed by atoms with Gasteiger partial charge in [0.05, 0.1) is 18.4 Å². The number of hydrogen-bond acceptors (Lipinski definition) is 5. The van der Waals surface area contributed by atoms with E-state index < -0.39 is 9.84 Å². The number of hydrogen-bond donors (Lipinski definition) is 0. The van der Waals surface area contributed by atoms with E-state index in [0.717, 1.165) is 22.8 Å². The maximum Gasteiger partial charge on any atom is 0.255 e. The number of sulfone groups is 1. The molecule has 158 valence electrons. The topological polar surface area (TPSA) is 71.8 Å². The average Bonchev–Trinajstić information content (AvgIpc) is 2.99. The van der Waals surface area contributed by atoms with Crippen molar-refractivity contribution < 1.29 is 17.9 Å². The normalized spacial score (nSPS) is 15.5. The molecule has 2 heterocycles. The van der Waals surface area contributed by atoms with Gasteiger partial charge in [0, 0.05) is 62.1 Å². The molecule has 0 unspecified atom stereocenters. The molecule has 2 aromatic rings. The third kappa shape index (κ3) is 5.00. The van der Waals surface area contributed by atoms with Crippen molar-refractivity contribution >= 4 is 15.7 Å². The highest BCUT2D eigenvalue weighted by Gasteiger charge is 2.25. The van der Waals surface area contributed by atoms with Crippen molar-refractivity contribution in [3.63, 3.8) is 0 Å². The zero-order valence-corrected chi connectivity index (χ0v) is 18.3. The first-order valence-corrected chi connectivity index (χ1v) is 11.8. The lowest BCUT2D eigenvalue weighted by Gasteiger charge is -2.34. The Kier molecular flexibility index (Phi) is 6.33. The quantitative estimate of drug-likeness (QED) is 0.715. The van der Waals surface area contributed by atoms with Crippen molar-refractivity contribution in [2.24, 2.45) is 0 Å². The van der Waals surface area contributed by atoms with Crippen LogP contribution in [-0.4, -0.2) is 80.5 Å². The van der Waals surface area contributed by atoms with Crippen LogP contribution in [0.3, 0.4) is 0 Å². The molecule has 7 nitrogen and oxygen atoms in total. The van der Waals surface area contributed by atoms with Gasteiger partial charge in [-0.05, 0) is 32.0 Å². The van der Waals surface area contributed by atoms with E-state index in [-0.39, 0.29) is 11.7 Å². The van der Waals surface area contributed by atoms with E-state index in [9.17, 15) is 13.2 Å². The van der Waals surface area contributed by atoms with Gasteiger partial charge in [-0.1, -0.05) is 6.07 Å². The lowest BCUT2D eigenvalue weighted by molar-refractivity contribution is 0.0643. The Bertz CT molecular complexity index is 989. The van der Waals surface area contributed by atoms with Crippen molar-refractivity contribution in [1.82, 2.24) is 14.4 Å². The van der Waals surface area contributed by atoms with Gasteiger partial charge in [-0.2, -0.15) is 0 Å². The van der Waals surface area contributed by atoms with E-state index in [1.807, 2.05) is 49.1 Å². The van der Waals surface area contributed by atoms with E-state index >= 15 is 0 Å². The van der Waals surface area contributed by atoms with Gasteiger partial charge >= 0.3 is 0 Å². The summed E-state index contributed by atoms with van der Waals surface area (Å²) in [6, 6.07) is 9.72. The molecule has 3 rings (SSSR count). The molecule has 0 atom stereocenters. The lowest BCUT2D eigenvalue weighted by atomic mass is 10.2. The number of aryl methyl sites for hydroxylation is 1. The van der Waals surface area contributed by atoms with Gasteiger partial charge in [-0.3, -0.25) is 9.69 Å². The van der Waals surface area contributed by atoms with Crippen LogP contribution in [0.5, 0.6) is 5.75 Å². The minimum absolute atomic E-state index is 0.0232. The van der Waals surface area contributed by atoms with Crippen molar-refractivity contribution in [2.45, 2.75) is 13.8 Å². The monoisotopic (exact) mass is 419 g/mol. The van der Waals surface area contributed by atoms with Gasteiger partial charge in [0.1, 0.15) is 15.6 Å². The summed E-state index contributed by atoms with van der Waals surface area (Å²) in [5.41, 5.74) is 3.56. The number of ether oxygens (including phenoxy) is 1. The molecule has 1 aromatic carbocycles. The van der Waals surface area contributed by atoms with E-state index in [4.69, 9.17) is 4.74 Å². The molecular formula is C21H29N3O4S. The van der Waals surface area contributed by atoms with Crippen LogP contribution in [0, 0.1) is 13.8 Å². The number of rotatable bonds is 6. The van der Waals surface area contributed by atoms with Crippen LogP contribution in [0.15, 0.2) is 30.3 Å². The fraction of sp³-hybridized carbons (Fsp3) is 0.476. The van der Waals surface area contributed by atoms with Crippen LogP contribution in [0.25, 0.3) is 5.69 Å². The Hall–Kier alpha value is -2.32. The summed E-state index contributed by atoms with van der Waals surface area (Å²) >= 11 is 0. The number of methoxy groups -OCH3 is 1. The molecule has 1 saturated heterocycles. The summed E-state index contributed by atoms with van der Waals surface area (Å²) in [4.78, 5) is 17.1. The summed E-state index contributed by atoms with van der Waals surface area (Å²) in [6.07, 6.45) is 1.25. The molecule has 0 N–H and O–H groups in total. The van der Waals surface area contributed by atoms with Crippen molar-refractivity contribution in [2.75, 3.05) is 51.8 Å². The van der Waals surface area contributed by atoms with Crippen LogP contribution >= 0.6 is 0 Å².